The van der Waals surface area contributed by atoms with Gasteiger partial charge in [-0.3, -0.25) is 9.59 Å². The van der Waals surface area contributed by atoms with Crippen LogP contribution >= 0.6 is 11.8 Å². The maximum Gasteiger partial charge on any atom is 0.319 e. The second-order valence-electron chi connectivity index (χ2n) is 6.03. The zero-order valence-electron chi connectivity index (χ0n) is 12.3. The number of carbonyl (C=O) groups excluding carboxylic acids is 2. The molecule has 0 radical (unpaired) electrons. The predicted molar refractivity (Wildman–Crippen MR) is 78.0 cm³/mol. The molecule has 2 unspecified atom stereocenters. The van der Waals surface area contributed by atoms with Gasteiger partial charge in [-0.05, 0) is 36.2 Å². The molecule has 1 aliphatic rings. The number of hydrogen-bond acceptors (Lipinski definition) is 4. The molecular weight excluding hydrogens is 262 g/mol. The van der Waals surface area contributed by atoms with Gasteiger partial charge in [0.05, 0.1) is 6.61 Å². The topological polar surface area (TPSA) is 55.4 Å². The quantitative estimate of drug-likeness (QED) is 0.621. The van der Waals surface area contributed by atoms with Gasteiger partial charge in [0, 0.05) is 6.54 Å². The average Bonchev–Trinajstić information content (AvgIpc) is 2.77. The minimum Gasteiger partial charge on any atom is -0.465 e. The van der Waals surface area contributed by atoms with Crippen LogP contribution in [0.25, 0.3) is 0 Å². The van der Waals surface area contributed by atoms with Crippen LogP contribution in [0.4, 0.5) is 0 Å². The van der Waals surface area contributed by atoms with Crippen LogP contribution in [0.2, 0.25) is 0 Å². The fourth-order valence-electron chi connectivity index (χ4n) is 2.17. The lowest BCUT2D eigenvalue weighted by atomic mass is 9.80. The summed E-state index contributed by atoms with van der Waals surface area (Å²) in [5.41, 5.74) is -0.430. The Bertz CT molecular complexity index is 319. The number of thioether (sulfide) groups is 1. The van der Waals surface area contributed by atoms with E-state index in [0.717, 1.165) is 12.2 Å². The van der Waals surface area contributed by atoms with Crippen molar-refractivity contribution >= 4 is 23.6 Å². The van der Waals surface area contributed by atoms with Crippen LogP contribution in [0, 0.1) is 17.3 Å². The van der Waals surface area contributed by atoms with E-state index < -0.39 is 17.3 Å². The van der Waals surface area contributed by atoms with Gasteiger partial charge in [0.2, 0.25) is 5.91 Å². The largest absolute Gasteiger partial charge is 0.465 e. The third-order valence-electron chi connectivity index (χ3n) is 3.24. The lowest BCUT2D eigenvalue weighted by molar-refractivity contribution is -0.156. The van der Waals surface area contributed by atoms with Crippen molar-refractivity contribution in [1.29, 1.82) is 0 Å². The van der Waals surface area contributed by atoms with Crippen molar-refractivity contribution in [2.75, 3.05) is 24.7 Å². The Morgan fingerprint density at radius 2 is 2.11 bits per heavy atom. The zero-order valence-corrected chi connectivity index (χ0v) is 13.1. The van der Waals surface area contributed by atoms with Crippen LogP contribution in [0.3, 0.4) is 0 Å². The summed E-state index contributed by atoms with van der Waals surface area (Å²) in [4.78, 5) is 24.2. The van der Waals surface area contributed by atoms with Crippen molar-refractivity contribution in [2.45, 2.75) is 34.1 Å². The number of esters is 1. The lowest BCUT2D eigenvalue weighted by Gasteiger charge is -2.28. The Morgan fingerprint density at radius 3 is 2.58 bits per heavy atom. The van der Waals surface area contributed by atoms with E-state index in [1.54, 1.807) is 6.92 Å². The van der Waals surface area contributed by atoms with E-state index in [4.69, 9.17) is 4.74 Å². The summed E-state index contributed by atoms with van der Waals surface area (Å²) in [6.07, 6.45) is 1.14. The van der Waals surface area contributed by atoms with Crippen LogP contribution in [0.15, 0.2) is 0 Å². The van der Waals surface area contributed by atoms with Crippen molar-refractivity contribution in [2.24, 2.45) is 17.3 Å². The monoisotopic (exact) mass is 287 g/mol. The molecule has 1 rings (SSSR count). The van der Waals surface area contributed by atoms with Crippen molar-refractivity contribution in [3.63, 3.8) is 0 Å². The number of carbonyl (C=O) groups is 2. The number of ether oxygens (including phenoxy) is 1. The van der Waals surface area contributed by atoms with Crippen LogP contribution < -0.4 is 5.32 Å². The molecule has 1 N–H and O–H groups in total. The first-order valence-electron chi connectivity index (χ1n) is 6.88. The molecule has 5 heteroatoms. The van der Waals surface area contributed by atoms with Gasteiger partial charge in [0.15, 0.2) is 0 Å². The Kier molecular flexibility index (Phi) is 6.17. The maximum absolute atomic E-state index is 12.2. The predicted octanol–water partition coefficient (Wildman–Crippen LogP) is 2.08. The van der Waals surface area contributed by atoms with Crippen LogP contribution in [-0.4, -0.2) is 36.5 Å². The van der Waals surface area contributed by atoms with Crippen molar-refractivity contribution < 1.29 is 14.3 Å². The van der Waals surface area contributed by atoms with E-state index in [2.05, 4.69) is 5.32 Å². The molecule has 19 heavy (non-hydrogen) atoms. The molecule has 0 aliphatic carbocycles. The summed E-state index contributed by atoms with van der Waals surface area (Å²) in [5.74, 6) is 1.44. The molecule has 0 aromatic carbocycles. The minimum atomic E-state index is -0.735. The summed E-state index contributed by atoms with van der Waals surface area (Å²) in [6.45, 7) is 8.39. The van der Waals surface area contributed by atoms with E-state index in [9.17, 15) is 9.59 Å². The van der Waals surface area contributed by atoms with Gasteiger partial charge in [0.25, 0.3) is 0 Å². The van der Waals surface area contributed by atoms with Gasteiger partial charge >= 0.3 is 5.97 Å². The highest BCUT2D eigenvalue weighted by Crippen LogP contribution is 2.28. The SMILES string of the molecule is CCOC(=O)C(C(=O)NCC1CCSC1)C(C)(C)C. The van der Waals surface area contributed by atoms with Gasteiger partial charge in [-0.1, -0.05) is 20.8 Å². The van der Waals surface area contributed by atoms with Gasteiger partial charge in [-0.2, -0.15) is 11.8 Å². The highest BCUT2D eigenvalue weighted by Gasteiger charge is 2.39. The van der Waals surface area contributed by atoms with E-state index in [-0.39, 0.29) is 5.91 Å². The van der Waals surface area contributed by atoms with Crippen molar-refractivity contribution in [1.82, 2.24) is 5.32 Å². The molecule has 4 nitrogen and oxygen atoms in total. The average molecular weight is 287 g/mol. The molecule has 1 fully saturated rings. The number of hydrogen-bond donors (Lipinski definition) is 1. The Balaban J connectivity index is 2.58. The van der Waals surface area contributed by atoms with E-state index in [0.29, 0.717) is 19.1 Å². The maximum atomic E-state index is 12.2. The molecule has 0 bridgehead atoms. The van der Waals surface area contributed by atoms with E-state index in [1.807, 2.05) is 32.5 Å². The van der Waals surface area contributed by atoms with Gasteiger partial charge in [-0.25, -0.2) is 0 Å². The normalized spacial score (nSPS) is 20.9. The minimum absolute atomic E-state index is 0.206. The van der Waals surface area contributed by atoms with Crippen LogP contribution in [0.1, 0.15) is 34.1 Å². The molecule has 0 spiro atoms. The summed E-state index contributed by atoms with van der Waals surface area (Å²) in [6, 6.07) is 0. The molecular formula is C14H25NO3S. The second kappa shape index (κ2) is 7.17. The zero-order chi connectivity index (χ0) is 14.5. The van der Waals surface area contributed by atoms with E-state index in [1.165, 1.54) is 5.75 Å². The Hall–Kier alpha value is -0.710. The highest BCUT2D eigenvalue weighted by atomic mass is 32.2. The van der Waals surface area contributed by atoms with Crippen LogP contribution in [0.5, 0.6) is 0 Å². The fourth-order valence-corrected chi connectivity index (χ4v) is 3.46. The summed E-state index contributed by atoms with van der Waals surface area (Å²) >= 11 is 1.92. The first kappa shape index (κ1) is 16.3. The molecule has 0 aromatic rings. The van der Waals surface area contributed by atoms with E-state index >= 15 is 0 Å². The first-order valence-corrected chi connectivity index (χ1v) is 8.03. The van der Waals surface area contributed by atoms with Crippen molar-refractivity contribution in [3.05, 3.63) is 0 Å². The third kappa shape index (κ3) is 5.05. The molecule has 1 saturated heterocycles. The van der Waals surface area contributed by atoms with Crippen LogP contribution in [-0.2, 0) is 14.3 Å². The molecule has 0 aromatic heterocycles. The molecule has 0 saturated carbocycles. The van der Waals surface area contributed by atoms with Gasteiger partial charge in [-0.15, -0.1) is 0 Å². The molecule has 1 heterocycles. The third-order valence-corrected chi connectivity index (χ3v) is 4.47. The summed E-state index contributed by atoms with van der Waals surface area (Å²) < 4.78 is 5.02. The Morgan fingerprint density at radius 1 is 1.42 bits per heavy atom. The van der Waals surface area contributed by atoms with Gasteiger partial charge < -0.3 is 10.1 Å². The lowest BCUT2D eigenvalue weighted by Crippen LogP contribution is -2.44. The van der Waals surface area contributed by atoms with Crippen molar-refractivity contribution in [3.8, 4) is 0 Å². The standard InChI is InChI=1S/C14H25NO3S/c1-5-18-13(17)11(14(2,3)4)12(16)15-8-10-6-7-19-9-10/h10-11H,5-9H2,1-4H3,(H,15,16). The molecule has 1 aliphatic heterocycles. The number of nitrogens with one attached hydrogen (secondary N) is 1. The first-order chi connectivity index (χ1) is 8.86. The summed E-state index contributed by atoms with van der Waals surface area (Å²) in [7, 11) is 0. The fraction of sp³-hybridized carbons (Fsp3) is 0.857. The molecule has 110 valence electrons. The molecule has 2 atom stereocenters. The Labute approximate surface area is 120 Å². The number of rotatable bonds is 5. The second-order valence-corrected chi connectivity index (χ2v) is 7.18. The highest BCUT2D eigenvalue weighted by molar-refractivity contribution is 7.99. The van der Waals surface area contributed by atoms with Gasteiger partial charge in [0.1, 0.15) is 5.92 Å². The number of amides is 1. The summed E-state index contributed by atoms with van der Waals surface area (Å²) in [5, 5.41) is 2.92. The molecule has 1 amide bonds. The smallest absolute Gasteiger partial charge is 0.319 e.